The lowest BCUT2D eigenvalue weighted by molar-refractivity contribution is -0.232. The minimum Gasteiger partial charge on any atom is -0.481 e. The summed E-state index contributed by atoms with van der Waals surface area (Å²) in [6.45, 7) is 37.5. The van der Waals surface area contributed by atoms with Crippen molar-refractivity contribution in [3.05, 3.63) is 0 Å². The molecule has 0 amide bonds. The molecule has 3 fully saturated rings. The average molecular weight is 760 g/mol. The van der Waals surface area contributed by atoms with Crippen LogP contribution in [0.2, 0.25) is 0 Å². The topological polar surface area (TPSA) is 93.1 Å². The number of carboxylic acid groups (broad SMARTS) is 2. The Kier molecular flexibility index (Phi) is 14.5. The Morgan fingerprint density at radius 1 is 0.630 bits per heavy atom. The molecule has 316 valence electrons. The first kappa shape index (κ1) is 47.2. The third-order valence-corrected chi connectivity index (χ3v) is 16.3. The van der Waals surface area contributed by atoms with E-state index in [1.807, 2.05) is 0 Å². The minimum atomic E-state index is -0.957. The lowest BCUT2D eigenvalue weighted by Gasteiger charge is -2.70. The SMILES string of the molecule is CCCCC(C(=O)O)(C1C(C(C)(C)C)CNCC1C(C)(C)C)C(CCCCCCC(=O)O)(C1CC(C)(C)N(C)C(C)(C)C1)C1CC(C)(C)N(C)C(C)(C)C1. The van der Waals surface area contributed by atoms with Gasteiger partial charge < -0.3 is 15.5 Å². The third-order valence-electron chi connectivity index (χ3n) is 16.3. The normalized spacial score (nSPS) is 28.4. The van der Waals surface area contributed by atoms with Crippen LogP contribution in [0.15, 0.2) is 0 Å². The summed E-state index contributed by atoms with van der Waals surface area (Å²) in [4.78, 5) is 32.3. The molecule has 7 heteroatoms. The van der Waals surface area contributed by atoms with Crippen molar-refractivity contribution in [1.82, 2.24) is 15.1 Å². The zero-order chi connectivity index (χ0) is 41.5. The number of hydrogen-bond acceptors (Lipinski definition) is 5. The summed E-state index contributed by atoms with van der Waals surface area (Å²) in [6, 6.07) is 0. The maximum Gasteiger partial charge on any atom is 0.310 e. The summed E-state index contributed by atoms with van der Waals surface area (Å²) in [5, 5.41) is 26.2. The Morgan fingerprint density at radius 3 is 1.35 bits per heavy atom. The first-order valence-electron chi connectivity index (χ1n) is 22.1. The first-order valence-corrected chi connectivity index (χ1v) is 22.1. The summed E-state index contributed by atoms with van der Waals surface area (Å²) in [7, 11) is 4.59. The molecule has 54 heavy (non-hydrogen) atoms. The molecular weight excluding hydrogens is 671 g/mol. The van der Waals surface area contributed by atoms with Gasteiger partial charge in [0, 0.05) is 28.6 Å². The number of rotatable bonds is 15. The molecule has 0 radical (unpaired) electrons. The molecule has 7 nitrogen and oxygen atoms in total. The first-order chi connectivity index (χ1) is 24.5. The van der Waals surface area contributed by atoms with Gasteiger partial charge in [0.05, 0.1) is 5.41 Å². The van der Waals surface area contributed by atoms with E-state index in [1.165, 1.54) is 0 Å². The molecule has 3 heterocycles. The highest BCUT2D eigenvalue weighted by Crippen LogP contribution is 2.71. The van der Waals surface area contributed by atoms with Gasteiger partial charge in [-0.1, -0.05) is 80.6 Å². The van der Waals surface area contributed by atoms with Gasteiger partial charge in [0.25, 0.3) is 0 Å². The quantitative estimate of drug-likeness (QED) is 0.143. The van der Waals surface area contributed by atoms with Crippen LogP contribution in [-0.4, -0.2) is 81.3 Å². The number of hydrogen-bond donors (Lipinski definition) is 3. The van der Waals surface area contributed by atoms with Gasteiger partial charge in [-0.2, -0.15) is 0 Å². The zero-order valence-corrected chi connectivity index (χ0v) is 38.6. The third kappa shape index (κ3) is 9.24. The van der Waals surface area contributed by atoms with E-state index in [0.717, 1.165) is 77.3 Å². The van der Waals surface area contributed by atoms with E-state index in [1.54, 1.807) is 0 Å². The second kappa shape index (κ2) is 16.6. The van der Waals surface area contributed by atoms with E-state index in [2.05, 4.69) is 133 Å². The summed E-state index contributed by atoms with van der Waals surface area (Å²) in [6.07, 6.45) is 11.0. The molecule has 0 bridgehead atoms. The lowest BCUT2D eigenvalue weighted by Crippen LogP contribution is -2.72. The number of piperidine rings is 3. The molecule has 3 unspecified atom stereocenters. The number of nitrogens with one attached hydrogen (secondary N) is 1. The van der Waals surface area contributed by atoms with E-state index in [4.69, 9.17) is 0 Å². The Hall–Kier alpha value is -1.18. The van der Waals surface area contributed by atoms with Gasteiger partial charge in [0.15, 0.2) is 0 Å². The fourth-order valence-electron chi connectivity index (χ4n) is 13.1. The molecule has 3 aliphatic rings. The highest BCUT2D eigenvalue weighted by Gasteiger charge is 2.71. The standard InChI is InChI=1S/C47H89N3O4/c1-18-19-25-47(39(53)54,38-35(40(2,3)4)31-48-32-36(38)41(5,6)7)46(26-23-21-20-22-24-37(51)52,33-27-42(8,9)49(16)43(10,11)28-33)34-29-44(12,13)50(17)45(14,15)30-34/h33-36,38,48H,18-32H2,1-17H3,(H,51,52)(H,53,54). The summed E-state index contributed by atoms with van der Waals surface area (Å²) >= 11 is 0. The molecule has 3 aliphatic heterocycles. The van der Waals surface area contributed by atoms with Crippen molar-refractivity contribution < 1.29 is 19.8 Å². The van der Waals surface area contributed by atoms with Crippen LogP contribution in [0.3, 0.4) is 0 Å². The van der Waals surface area contributed by atoms with Gasteiger partial charge in [0.1, 0.15) is 0 Å². The van der Waals surface area contributed by atoms with Gasteiger partial charge in [0.2, 0.25) is 0 Å². The predicted octanol–water partition coefficient (Wildman–Crippen LogP) is 11.0. The minimum absolute atomic E-state index is 0.00780. The molecule has 0 aromatic carbocycles. The van der Waals surface area contributed by atoms with Crippen molar-refractivity contribution in [3.8, 4) is 0 Å². The van der Waals surface area contributed by atoms with Crippen molar-refractivity contribution in [2.75, 3.05) is 27.2 Å². The number of aliphatic carboxylic acids is 2. The van der Waals surface area contributed by atoms with Gasteiger partial charge in [-0.15, -0.1) is 0 Å². The molecular formula is C47H89N3O4. The maximum atomic E-state index is 15.6. The molecule has 0 aromatic rings. The van der Waals surface area contributed by atoms with Crippen LogP contribution in [0.25, 0.3) is 0 Å². The summed E-state index contributed by atoms with van der Waals surface area (Å²) < 4.78 is 0. The molecule has 3 N–H and O–H groups in total. The van der Waals surface area contributed by atoms with E-state index in [0.29, 0.717) is 12.8 Å². The van der Waals surface area contributed by atoms with Crippen LogP contribution in [0, 0.1) is 51.2 Å². The largest absolute Gasteiger partial charge is 0.481 e. The Labute approximate surface area is 333 Å². The smallest absolute Gasteiger partial charge is 0.310 e. The average Bonchev–Trinajstić information content (AvgIpc) is 3.01. The second-order valence-corrected chi connectivity index (χ2v) is 23.4. The predicted molar refractivity (Wildman–Crippen MR) is 227 cm³/mol. The van der Waals surface area contributed by atoms with Crippen LogP contribution in [0.5, 0.6) is 0 Å². The van der Waals surface area contributed by atoms with Gasteiger partial charge in [-0.05, 0) is 173 Å². The van der Waals surface area contributed by atoms with Gasteiger partial charge in [-0.3, -0.25) is 19.4 Å². The molecule has 0 aliphatic carbocycles. The van der Waals surface area contributed by atoms with Crippen molar-refractivity contribution in [3.63, 3.8) is 0 Å². The fourth-order valence-corrected chi connectivity index (χ4v) is 13.1. The molecule has 0 spiro atoms. The number of carbonyl (C=O) groups is 2. The van der Waals surface area contributed by atoms with Crippen LogP contribution in [0.1, 0.15) is 187 Å². The zero-order valence-electron chi connectivity index (χ0n) is 38.6. The van der Waals surface area contributed by atoms with E-state index in [9.17, 15) is 15.0 Å². The van der Waals surface area contributed by atoms with Crippen molar-refractivity contribution in [2.24, 2.45) is 51.2 Å². The van der Waals surface area contributed by atoms with E-state index in [-0.39, 0.29) is 69.0 Å². The summed E-state index contributed by atoms with van der Waals surface area (Å²) in [5.74, 6) is -0.472. The van der Waals surface area contributed by atoms with E-state index < -0.39 is 22.8 Å². The van der Waals surface area contributed by atoms with Crippen LogP contribution in [-0.2, 0) is 9.59 Å². The summed E-state index contributed by atoms with van der Waals surface area (Å²) in [5.41, 5.74) is -2.04. The van der Waals surface area contributed by atoms with Gasteiger partial charge in [-0.25, -0.2) is 0 Å². The molecule has 3 saturated heterocycles. The Bertz CT molecular complexity index is 1170. The van der Waals surface area contributed by atoms with Crippen molar-refractivity contribution >= 4 is 11.9 Å². The van der Waals surface area contributed by atoms with Crippen molar-refractivity contribution in [1.29, 1.82) is 0 Å². The maximum absolute atomic E-state index is 15.6. The highest BCUT2D eigenvalue weighted by atomic mass is 16.4. The number of carboxylic acids is 2. The molecule has 3 atom stereocenters. The highest BCUT2D eigenvalue weighted by molar-refractivity contribution is 5.77. The van der Waals surface area contributed by atoms with Crippen LogP contribution in [0.4, 0.5) is 0 Å². The molecule has 0 saturated carbocycles. The second-order valence-electron chi connectivity index (χ2n) is 23.4. The number of nitrogens with zero attached hydrogens (tertiary/aromatic N) is 2. The molecule has 0 aromatic heterocycles. The van der Waals surface area contributed by atoms with Crippen molar-refractivity contribution in [2.45, 2.75) is 209 Å². The van der Waals surface area contributed by atoms with Crippen LogP contribution < -0.4 is 5.32 Å². The number of unbranched alkanes of at least 4 members (excludes halogenated alkanes) is 4. The molecule has 3 rings (SSSR count). The fraction of sp³-hybridized carbons (Fsp3) is 0.957. The monoisotopic (exact) mass is 760 g/mol. The van der Waals surface area contributed by atoms with E-state index >= 15 is 4.79 Å². The Balaban J connectivity index is 2.61. The van der Waals surface area contributed by atoms with Gasteiger partial charge >= 0.3 is 11.9 Å². The Morgan fingerprint density at radius 2 is 1.02 bits per heavy atom. The lowest BCUT2D eigenvalue weighted by atomic mass is 9.36. The number of likely N-dealkylation sites (tertiary alicyclic amines) is 2. The van der Waals surface area contributed by atoms with Crippen LogP contribution >= 0.6 is 0 Å².